The van der Waals surface area contributed by atoms with E-state index in [9.17, 15) is 9.59 Å². The zero-order valence-corrected chi connectivity index (χ0v) is 19.0. The van der Waals surface area contributed by atoms with E-state index < -0.39 is 0 Å². The molecular formula is C21H27N3O6S. The Kier molecular flexibility index (Phi) is 7.56. The van der Waals surface area contributed by atoms with E-state index in [0.717, 1.165) is 10.6 Å². The molecule has 2 amide bonds. The standard InChI is InChI=1S/C21H27N3O6S/c1-5-28-15-10-13(11-16(29-6-2)18(15)30-7-3)19(25)23-20-22-14-8-9-24(21(26)27-4)12-17(14)31-20/h10-11H,5-9,12H2,1-4H3,(H,22,23,25). The lowest BCUT2D eigenvalue weighted by atomic mass is 10.1. The lowest BCUT2D eigenvalue weighted by Gasteiger charge is -2.24. The monoisotopic (exact) mass is 449 g/mol. The Labute approximate surface area is 185 Å². The normalized spacial score (nSPS) is 12.7. The lowest BCUT2D eigenvalue weighted by Crippen LogP contribution is -2.35. The Bertz CT molecular complexity index is 918. The van der Waals surface area contributed by atoms with Gasteiger partial charge in [-0.1, -0.05) is 11.3 Å². The molecule has 1 aliphatic heterocycles. The highest BCUT2D eigenvalue weighted by Gasteiger charge is 2.25. The zero-order valence-electron chi connectivity index (χ0n) is 18.1. The summed E-state index contributed by atoms with van der Waals surface area (Å²) >= 11 is 1.35. The van der Waals surface area contributed by atoms with Gasteiger partial charge in [-0.15, -0.1) is 0 Å². The molecular weight excluding hydrogens is 422 g/mol. The molecule has 10 heteroatoms. The van der Waals surface area contributed by atoms with Crippen molar-refractivity contribution in [3.63, 3.8) is 0 Å². The van der Waals surface area contributed by atoms with E-state index in [-0.39, 0.29) is 12.0 Å². The van der Waals surface area contributed by atoms with E-state index in [1.165, 1.54) is 18.4 Å². The SMILES string of the molecule is CCOc1cc(C(=O)Nc2nc3c(s2)CN(C(=O)OC)CC3)cc(OCC)c1OCC. The first kappa shape index (κ1) is 22.7. The number of thiazole rings is 1. The van der Waals surface area contributed by atoms with Crippen molar-refractivity contribution < 1.29 is 28.5 Å². The molecule has 0 spiro atoms. The van der Waals surface area contributed by atoms with Crippen molar-refractivity contribution in [1.29, 1.82) is 0 Å². The first-order valence-electron chi connectivity index (χ1n) is 10.2. The molecule has 0 saturated heterocycles. The molecule has 0 bridgehead atoms. The molecule has 1 aliphatic rings. The van der Waals surface area contributed by atoms with Crippen molar-refractivity contribution >= 4 is 28.5 Å². The summed E-state index contributed by atoms with van der Waals surface area (Å²) in [6.07, 6.45) is 0.244. The number of hydrogen-bond acceptors (Lipinski definition) is 8. The summed E-state index contributed by atoms with van der Waals surface area (Å²) in [4.78, 5) is 31.8. The van der Waals surface area contributed by atoms with E-state index >= 15 is 0 Å². The fraction of sp³-hybridized carbons (Fsp3) is 0.476. The topological polar surface area (TPSA) is 99.2 Å². The first-order valence-corrected chi connectivity index (χ1v) is 11.0. The van der Waals surface area contributed by atoms with Gasteiger partial charge in [-0.25, -0.2) is 9.78 Å². The number of amides is 2. The summed E-state index contributed by atoms with van der Waals surface area (Å²) in [5.41, 5.74) is 1.26. The Balaban J connectivity index is 1.82. The van der Waals surface area contributed by atoms with E-state index in [4.69, 9.17) is 18.9 Å². The Hall–Kier alpha value is -3.01. The third-order valence-corrected chi connectivity index (χ3v) is 5.55. The van der Waals surface area contributed by atoms with Gasteiger partial charge in [0.15, 0.2) is 16.6 Å². The smallest absolute Gasteiger partial charge is 0.409 e. The summed E-state index contributed by atoms with van der Waals surface area (Å²) in [5.74, 6) is 1.05. The van der Waals surface area contributed by atoms with E-state index in [1.807, 2.05) is 20.8 Å². The number of carbonyl (C=O) groups excluding carboxylic acids is 2. The number of benzene rings is 1. The van der Waals surface area contributed by atoms with Crippen LogP contribution in [0.2, 0.25) is 0 Å². The van der Waals surface area contributed by atoms with Gasteiger partial charge >= 0.3 is 6.09 Å². The van der Waals surface area contributed by atoms with Crippen molar-refractivity contribution in [2.75, 3.05) is 38.8 Å². The van der Waals surface area contributed by atoms with E-state index in [0.29, 0.717) is 67.3 Å². The van der Waals surface area contributed by atoms with E-state index in [1.54, 1.807) is 17.0 Å². The number of nitrogens with zero attached hydrogens (tertiary/aromatic N) is 2. The number of anilines is 1. The molecule has 1 aromatic heterocycles. The van der Waals surface area contributed by atoms with Crippen LogP contribution in [0.1, 0.15) is 41.7 Å². The molecule has 0 fully saturated rings. The number of nitrogens with one attached hydrogen (secondary N) is 1. The van der Waals surface area contributed by atoms with Gasteiger partial charge in [0.1, 0.15) is 0 Å². The highest BCUT2D eigenvalue weighted by Crippen LogP contribution is 2.39. The highest BCUT2D eigenvalue weighted by atomic mass is 32.1. The van der Waals surface area contributed by atoms with Crippen LogP contribution in [-0.4, -0.2) is 55.4 Å². The minimum atomic E-state index is -0.370. The van der Waals surface area contributed by atoms with Gasteiger partial charge in [0.25, 0.3) is 5.91 Å². The third kappa shape index (κ3) is 5.19. The average Bonchev–Trinajstić information content (AvgIpc) is 3.16. The largest absolute Gasteiger partial charge is 0.490 e. The second kappa shape index (κ2) is 10.3. The van der Waals surface area contributed by atoms with Crippen LogP contribution >= 0.6 is 11.3 Å². The number of carbonyl (C=O) groups is 2. The number of methoxy groups -OCH3 is 1. The third-order valence-electron chi connectivity index (χ3n) is 4.56. The highest BCUT2D eigenvalue weighted by molar-refractivity contribution is 7.15. The quantitative estimate of drug-likeness (QED) is 0.656. The molecule has 1 N–H and O–H groups in total. The number of hydrogen-bond donors (Lipinski definition) is 1. The van der Waals surface area contributed by atoms with Crippen molar-refractivity contribution in [1.82, 2.24) is 9.88 Å². The van der Waals surface area contributed by atoms with Crippen LogP contribution in [0.15, 0.2) is 12.1 Å². The maximum atomic E-state index is 12.9. The number of ether oxygens (including phenoxy) is 4. The summed E-state index contributed by atoms with van der Waals surface area (Å²) in [5, 5.41) is 3.32. The van der Waals surface area contributed by atoms with Crippen LogP contribution in [0.4, 0.5) is 9.93 Å². The van der Waals surface area contributed by atoms with Gasteiger partial charge in [-0.3, -0.25) is 10.1 Å². The van der Waals surface area contributed by atoms with Gasteiger partial charge < -0.3 is 23.8 Å². The van der Waals surface area contributed by atoms with Gasteiger partial charge in [0.05, 0.1) is 39.2 Å². The van der Waals surface area contributed by atoms with Crippen molar-refractivity contribution in [2.45, 2.75) is 33.7 Å². The molecule has 2 aromatic rings. The minimum absolute atomic E-state index is 0.333. The predicted octanol–water partition coefficient (Wildman–Crippen LogP) is 3.72. The number of aromatic nitrogens is 1. The van der Waals surface area contributed by atoms with E-state index in [2.05, 4.69) is 10.3 Å². The molecule has 2 heterocycles. The van der Waals surface area contributed by atoms with Gasteiger partial charge in [-0.2, -0.15) is 0 Å². The van der Waals surface area contributed by atoms with Crippen LogP contribution in [0.25, 0.3) is 0 Å². The molecule has 0 saturated carbocycles. The van der Waals surface area contributed by atoms with Gasteiger partial charge in [0, 0.05) is 23.4 Å². The fourth-order valence-corrected chi connectivity index (χ4v) is 4.24. The molecule has 0 atom stereocenters. The minimum Gasteiger partial charge on any atom is -0.490 e. The second-order valence-corrected chi connectivity index (χ2v) is 7.67. The molecule has 3 rings (SSSR count). The number of rotatable bonds is 8. The maximum Gasteiger partial charge on any atom is 0.409 e. The lowest BCUT2D eigenvalue weighted by molar-refractivity contribution is 0.102. The van der Waals surface area contributed by atoms with Crippen LogP contribution in [-0.2, 0) is 17.7 Å². The van der Waals surface area contributed by atoms with Gasteiger partial charge in [-0.05, 0) is 32.9 Å². The molecule has 9 nitrogen and oxygen atoms in total. The van der Waals surface area contributed by atoms with Crippen molar-refractivity contribution in [3.8, 4) is 17.2 Å². The van der Waals surface area contributed by atoms with Crippen LogP contribution < -0.4 is 19.5 Å². The molecule has 168 valence electrons. The summed E-state index contributed by atoms with van der Waals surface area (Å²) in [6.45, 7) is 7.84. The zero-order chi connectivity index (χ0) is 22.4. The van der Waals surface area contributed by atoms with Crippen LogP contribution in [0.5, 0.6) is 17.2 Å². The predicted molar refractivity (Wildman–Crippen MR) is 117 cm³/mol. The summed E-state index contributed by atoms with van der Waals surface area (Å²) < 4.78 is 21.8. The van der Waals surface area contributed by atoms with Gasteiger partial charge in [0.2, 0.25) is 5.75 Å². The maximum absolute atomic E-state index is 12.9. The van der Waals surface area contributed by atoms with Crippen molar-refractivity contribution in [3.05, 3.63) is 28.3 Å². The summed E-state index contributed by atoms with van der Waals surface area (Å²) in [6, 6.07) is 3.28. The van der Waals surface area contributed by atoms with Crippen LogP contribution in [0.3, 0.4) is 0 Å². The van der Waals surface area contributed by atoms with Crippen molar-refractivity contribution in [2.24, 2.45) is 0 Å². The fourth-order valence-electron chi connectivity index (χ4n) is 3.22. The average molecular weight is 450 g/mol. The Morgan fingerprint density at radius 3 is 2.32 bits per heavy atom. The molecule has 1 aromatic carbocycles. The molecule has 31 heavy (non-hydrogen) atoms. The van der Waals surface area contributed by atoms with Crippen LogP contribution in [0, 0.1) is 0 Å². The first-order chi connectivity index (χ1) is 15.0. The molecule has 0 aliphatic carbocycles. The molecule has 0 unspecified atom stereocenters. The summed E-state index contributed by atoms with van der Waals surface area (Å²) in [7, 11) is 1.36. The Morgan fingerprint density at radius 1 is 1.10 bits per heavy atom. The second-order valence-electron chi connectivity index (χ2n) is 6.59. The number of fused-ring (bicyclic) bond motifs is 1. The molecule has 0 radical (unpaired) electrons. The Morgan fingerprint density at radius 2 is 1.74 bits per heavy atom.